The number of hydrogen-bond acceptors (Lipinski definition) is 1. The van der Waals surface area contributed by atoms with Gasteiger partial charge in [0.2, 0.25) is 0 Å². The van der Waals surface area contributed by atoms with Crippen molar-refractivity contribution < 1.29 is 13.9 Å². The number of benzene rings is 2. The quantitative estimate of drug-likeness (QED) is 0.873. The molecular weight excluding hydrogens is 258 g/mol. The molecule has 0 saturated heterocycles. The van der Waals surface area contributed by atoms with Gasteiger partial charge in [-0.25, -0.2) is 8.78 Å². The Morgan fingerprint density at radius 1 is 1.11 bits per heavy atom. The highest BCUT2D eigenvalue weighted by atomic mass is 35.5. The minimum atomic E-state index is -1.42. The lowest BCUT2D eigenvalue weighted by Crippen LogP contribution is -2.06. The fraction of sp³-hybridized carbons (Fsp3) is 0.143. The molecule has 0 aliphatic heterocycles. The Labute approximate surface area is 109 Å². The van der Waals surface area contributed by atoms with E-state index in [1.54, 1.807) is 18.2 Å². The predicted octanol–water partition coefficient (Wildman–Crippen LogP) is 4.01. The van der Waals surface area contributed by atoms with E-state index >= 15 is 0 Å². The Bertz CT molecular complexity index is 564. The second-order valence-electron chi connectivity index (χ2n) is 4.06. The number of rotatable bonds is 2. The summed E-state index contributed by atoms with van der Waals surface area (Å²) in [6.07, 6.45) is -1.42. The van der Waals surface area contributed by atoms with Crippen molar-refractivity contribution in [3.05, 3.63) is 69.7 Å². The minimum Gasteiger partial charge on any atom is -0.383 e. The van der Waals surface area contributed by atoms with Gasteiger partial charge < -0.3 is 5.11 Å². The van der Waals surface area contributed by atoms with E-state index in [0.717, 1.165) is 17.7 Å². The molecule has 1 N–H and O–H groups in total. The maximum absolute atomic E-state index is 13.6. The molecule has 0 spiro atoms. The van der Waals surface area contributed by atoms with E-state index in [1.807, 2.05) is 6.92 Å². The summed E-state index contributed by atoms with van der Waals surface area (Å²) in [4.78, 5) is 0. The third-order valence-corrected chi connectivity index (χ3v) is 3.05. The third-order valence-electron chi connectivity index (χ3n) is 2.72. The molecule has 0 aliphatic carbocycles. The van der Waals surface area contributed by atoms with Crippen LogP contribution in [0.4, 0.5) is 8.78 Å². The largest absolute Gasteiger partial charge is 0.383 e. The Balaban J connectivity index is 2.51. The van der Waals surface area contributed by atoms with E-state index in [9.17, 15) is 13.9 Å². The first-order valence-electron chi connectivity index (χ1n) is 5.38. The van der Waals surface area contributed by atoms with Crippen LogP contribution in [0.25, 0.3) is 0 Å². The van der Waals surface area contributed by atoms with Crippen LogP contribution in [0.2, 0.25) is 5.02 Å². The average Bonchev–Trinajstić information content (AvgIpc) is 2.28. The number of aliphatic hydroxyl groups excluding tert-OH is 1. The Morgan fingerprint density at radius 3 is 2.28 bits per heavy atom. The summed E-state index contributed by atoms with van der Waals surface area (Å²) < 4.78 is 27.1. The van der Waals surface area contributed by atoms with Crippen LogP contribution in [0.5, 0.6) is 0 Å². The highest BCUT2D eigenvalue weighted by Gasteiger charge is 2.21. The molecule has 2 rings (SSSR count). The van der Waals surface area contributed by atoms with Crippen molar-refractivity contribution in [1.29, 1.82) is 0 Å². The van der Waals surface area contributed by atoms with Crippen molar-refractivity contribution in [3.63, 3.8) is 0 Å². The van der Waals surface area contributed by atoms with Gasteiger partial charge in [0.05, 0.1) is 5.56 Å². The van der Waals surface area contributed by atoms with Gasteiger partial charge in [-0.05, 0) is 30.7 Å². The summed E-state index contributed by atoms with van der Waals surface area (Å²) in [7, 11) is 0. The summed E-state index contributed by atoms with van der Waals surface area (Å²) in [5.74, 6) is -1.58. The summed E-state index contributed by atoms with van der Waals surface area (Å²) in [5.41, 5.74) is 0.805. The molecule has 0 aliphatic rings. The zero-order chi connectivity index (χ0) is 13.3. The first-order valence-corrected chi connectivity index (χ1v) is 5.76. The molecule has 0 saturated carbocycles. The maximum Gasteiger partial charge on any atom is 0.132 e. The monoisotopic (exact) mass is 268 g/mol. The molecule has 2 aromatic rings. The Morgan fingerprint density at radius 2 is 1.72 bits per heavy atom. The van der Waals surface area contributed by atoms with E-state index in [0.29, 0.717) is 0 Å². The van der Waals surface area contributed by atoms with Crippen molar-refractivity contribution in [3.8, 4) is 0 Å². The van der Waals surface area contributed by atoms with Crippen LogP contribution in [0.1, 0.15) is 22.8 Å². The van der Waals surface area contributed by atoms with E-state index in [2.05, 4.69) is 0 Å². The van der Waals surface area contributed by atoms with Gasteiger partial charge in [0.15, 0.2) is 0 Å². The molecule has 0 amide bonds. The fourth-order valence-electron chi connectivity index (χ4n) is 1.78. The van der Waals surface area contributed by atoms with Crippen LogP contribution < -0.4 is 0 Å². The zero-order valence-electron chi connectivity index (χ0n) is 9.62. The average molecular weight is 269 g/mol. The summed E-state index contributed by atoms with van der Waals surface area (Å²) in [5, 5.41) is 10.3. The SMILES string of the molecule is Cc1ccc(C(O)c2c(F)cccc2F)c(Cl)c1. The lowest BCUT2D eigenvalue weighted by Gasteiger charge is -2.15. The predicted molar refractivity (Wildman–Crippen MR) is 66.6 cm³/mol. The normalized spacial score (nSPS) is 12.5. The van der Waals surface area contributed by atoms with Gasteiger partial charge in [-0.15, -0.1) is 0 Å². The van der Waals surface area contributed by atoms with E-state index < -0.39 is 17.7 Å². The minimum absolute atomic E-state index is 0.283. The molecule has 4 heteroatoms. The zero-order valence-corrected chi connectivity index (χ0v) is 10.4. The van der Waals surface area contributed by atoms with E-state index in [4.69, 9.17) is 11.6 Å². The van der Waals surface area contributed by atoms with Crippen molar-refractivity contribution in [2.45, 2.75) is 13.0 Å². The molecule has 1 unspecified atom stereocenters. The highest BCUT2D eigenvalue weighted by molar-refractivity contribution is 6.31. The second-order valence-corrected chi connectivity index (χ2v) is 4.47. The number of halogens is 3. The smallest absolute Gasteiger partial charge is 0.132 e. The molecule has 18 heavy (non-hydrogen) atoms. The number of hydrogen-bond donors (Lipinski definition) is 1. The molecule has 0 radical (unpaired) electrons. The molecule has 1 atom stereocenters. The third kappa shape index (κ3) is 2.37. The van der Waals surface area contributed by atoms with Crippen molar-refractivity contribution in [2.75, 3.05) is 0 Å². The maximum atomic E-state index is 13.6. The lowest BCUT2D eigenvalue weighted by atomic mass is 9.99. The number of aryl methyl sites for hydroxylation is 1. The Kier molecular flexibility index (Phi) is 3.64. The van der Waals surface area contributed by atoms with Gasteiger partial charge in [-0.3, -0.25) is 0 Å². The van der Waals surface area contributed by atoms with Crippen LogP contribution in [0, 0.1) is 18.6 Å². The van der Waals surface area contributed by atoms with Crippen LogP contribution in [0.15, 0.2) is 36.4 Å². The standard InChI is InChI=1S/C14H11ClF2O/c1-8-5-6-9(10(15)7-8)14(18)13-11(16)3-2-4-12(13)17/h2-7,14,18H,1H3. The molecule has 0 heterocycles. The van der Waals surface area contributed by atoms with Crippen molar-refractivity contribution >= 4 is 11.6 Å². The Hall–Kier alpha value is -1.45. The van der Waals surface area contributed by atoms with Gasteiger partial charge >= 0.3 is 0 Å². The first-order chi connectivity index (χ1) is 8.50. The van der Waals surface area contributed by atoms with Gasteiger partial charge in [0, 0.05) is 10.6 Å². The lowest BCUT2D eigenvalue weighted by molar-refractivity contribution is 0.209. The molecule has 1 nitrogen and oxygen atoms in total. The fourth-order valence-corrected chi connectivity index (χ4v) is 2.12. The molecule has 2 aromatic carbocycles. The highest BCUT2D eigenvalue weighted by Crippen LogP contribution is 2.31. The summed E-state index contributed by atoms with van der Waals surface area (Å²) in [6, 6.07) is 8.38. The van der Waals surface area contributed by atoms with E-state index in [1.165, 1.54) is 6.07 Å². The van der Waals surface area contributed by atoms with Crippen molar-refractivity contribution in [2.24, 2.45) is 0 Å². The van der Waals surface area contributed by atoms with Crippen LogP contribution in [0.3, 0.4) is 0 Å². The molecule has 0 aromatic heterocycles. The van der Waals surface area contributed by atoms with Gasteiger partial charge in [0.25, 0.3) is 0 Å². The molecule has 0 fully saturated rings. The topological polar surface area (TPSA) is 20.2 Å². The van der Waals surface area contributed by atoms with Crippen LogP contribution in [-0.4, -0.2) is 5.11 Å². The van der Waals surface area contributed by atoms with Crippen LogP contribution in [-0.2, 0) is 0 Å². The summed E-state index contributed by atoms with van der Waals surface area (Å²) >= 11 is 5.97. The van der Waals surface area contributed by atoms with Crippen LogP contribution >= 0.6 is 11.6 Å². The van der Waals surface area contributed by atoms with Gasteiger partial charge in [-0.2, -0.15) is 0 Å². The first kappa shape index (κ1) is 13.0. The number of aliphatic hydroxyl groups is 1. The van der Waals surface area contributed by atoms with E-state index in [-0.39, 0.29) is 16.1 Å². The van der Waals surface area contributed by atoms with Crippen molar-refractivity contribution in [1.82, 2.24) is 0 Å². The molecule has 0 bridgehead atoms. The second kappa shape index (κ2) is 5.04. The molecular formula is C14H11ClF2O. The summed E-state index contributed by atoms with van der Waals surface area (Å²) in [6.45, 7) is 1.84. The molecule has 94 valence electrons. The van der Waals surface area contributed by atoms with Gasteiger partial charge in [0.1, 0.15) is 17.7 Å². The van der Waals surface area contributed by atoms with Gasteiger partial charge in [-0.1, -0.05) is 29.8 Å².